The van der Waals surface area contributed by atoms with Crippen molar-refractivity contribution in [2.45, 2.75) is 12.8 Å². The highest BCUT2D eigenvalue weighted by molar-refractivity contribution is 6.10. The fourth-order valence-electron chi connectivity index (χ4n) is 9.67. The summed E-state index contributed by atoms with van der Waals surface area (Å²) >= 11 is 0. The Balaban J connectivity index is 0.717. The topological polar surface area (TPSA) is 28.3 Å². The van der Waals surface area contributed by atoms with Crippen LogP contribution in [0.25, 0.3) is 66.1 Å². The van der Waals surface area contributed by atoms with Crippen LogP contribution in [0.15, 0.2) is 243 Å². The molecule has 0 amide bonds. The van der Waals surface area contributed by atoms with Crippen LogP contribution in [-0.4, -0.2) is 9.13 Å². The van der Waals surface area contributed by atoms with Crippen LogP contribution in [0.3, 0.4) is 0 Å². The van der Waals surface area contributed by atoms with Crippen LogP contribution in [0.2, 0.25) is 0 Å². The molecular weight excluding hydrogens is 805 g/mol. The Hall–Kier alpha value is -8.60. The number of para-hydroxylation sites is 4. The van der Waals surface area contributed by atoms with Crippen LogP contribution in [0.1, 0.15) is 22.3 Å². The van der Waals surface area contributed by atoms with Gasteiger partial charge in [0.1, 0.15) is 23.0 Å². The summed E-state index contributed by atoms with van der Waals surface area (Å²) in [4.78, 5) is 0. The Labute approximate surface area is 383 Å². The van der Waals surface area contributed by atoms with E-state index < -0.39 is 0 Å². The van der Waals surface area contributed by atoms with Crippen molar-refractivity contribution in [2.24, 2.45) is 0 Å². The molecule has 66 heavy (non-hydrogen) atoms. The summed E-state index contributed by atoms with van der Waals surface area (Å²) in [7, 11) is 0. The molecule has 0 fully saturated rings. The van der Waals surface area contributed by atoms with Crippen LogP contribution in [0.5, 0.6) is 23.0 Å². The molecule has 0 unspecified atom stereocenters. The minimum Gasteiger partial charge on any atom is -0.457 e. The van der Waals surface area contributed by atoms with Crippen molar-refractivity contribution in [3.63, 3.8) is 0 Å². The Bertz CT molecular complexity index is 3320. The first kappa shape index (κ1) is 39.0. The first-order chi connectivity index (χ1) is 32.7. The van der Waals surface area contributed by atoms with Crippen molar-refractivity contribution in [1.29, 1.82) is 0 Å². The number of rotatable bonds is 11. The average molecular weight is 849 g/mol. The zero-order valence-electron chi connectivity index (χ0n) is 36.2. The number of hydrogen-bond donors (Lipinski definition) is 0. The normalized spacial score (nSPS) is 11.5. The van der Waals surface area contributed by atoms with Crippen molar-refractivity contribution in [3.05, 3.63) is 265 Å². The van der Waals surface area contributed by atoms with Gasteiger partial charge in [-0.3, -0.25) is 0 Å². The van der Waals surface area contributed by atoms with E-state index in [0.717, 1.165) is 47.2 Å². The van der Waals surface area contributed by atoms with Crippen molar-refractivity contribution >= 4 is 43.6 Å². The molecule has 0 aliphatic rings. The van der Waals surface area contributed by atoms with Gasteiger partial charge in [0, 0.05) is 32.9 Å². The zero-order valence-corrected chi connectivity index (χ0v) is 36.2. The number of hydrogen-bond acceptors (Lipinski definition) is 2. The summed E-state index contributed by atoms with van der Waals surface area (Å²) in [6.07, 6.45) is 1.62. The number of ether oxygens (including phenoxy) is 2. The second-order valence-corrected chi connectivity index (χ2v) is 16.9. The molecule has 4 heteroatoms. The van der Waals surface area contributed by atoms with Gasteiger partial charge in [0.05, 0.1) is 22.1 Å². The van der Waals surface area contributed by atoms with Gasteiger partial charge < -0.3 is 18.6 Å². The molecule has 0 radical (unpaired) electrons. The van der Waals surface area contributed by atoms with Gasteiger partial charge in [-0.15, -0.1) is 0 Å². The maximum atomic E-state index is 6.36. The standard InChI is InChI=1S/C62H44N2O2/c1-3-15-53(45(13-1)41-43-25-33-49(34-26-43)65-51-37-29-47(30-38-51)63-59-21-9-5-17-55(59)56-18-6-10-22-60(56)63)54-16-4-2-14-46(54)42-44-27-35-50(36-28-44)66-52-39-31-48(32-40-52)64-61-23-11-7-19-57(61)58-20-8-12-24-62(58)64/h1-40H,41-42H2. The molecule has 314 valence electrons. The lowest BCUT2D eigenvalue weighted by Crippen LogP contribution is -1.97. The van der Waals surface area contributed by atoms with E-state index in [2.05, 4.69) is 252 Å². The third kappa shape index (κ3) is 7.35. The van der Waals surface area contributed by atoms with Gasteiger partial charge in [-0.25, -0.2) is 0 Å². The first-order valence-corrected chi connectivity index (χ1v) is 22.6. The van der Waals surface area contributed by atoms with E-state index in [-0.39, 0.29) is 0 Å². The predicted octanol–water partition coefficient (Wildman–Crippen LogP) is 16.3. The zero-order chi connectivity index (χ0) is 43.8. The highest BCUT2D eigenvalue weighted by Gasteiger charge is 2.15. The Morgan fingerprint density at radius 2 is 0.530 bits per heavy atom. The molecule has 2 aromatic heterocycles. The van der Waals surface area contributed by atoms with E-state index in [4.69, 9.17) is 9.47 Å². The fraction of sp³-hybridized carbons (Fsp3) is 0.0323. The molecule has 12 rings (SSSR count). The number of nitrogens with zero attached hydrogens (tertiary/aromatic N) is 2. The molecule has 0 saturated heterocycles. The summed E-state index contributed by atoms with van der Waals surface area (Å²) < 4.78 is 17.4. The molecule has 0 atom stereocenters. The molecule has 0 saturated carbocycles. The number of benzene rings is 10. The van der Waals surface area contributed by atoms with Crippen molar-refractivity contribution in [3.8, 4) is 45.5 Å². The molecule has 0 aliphatic heterocycles. The van der Waals surface area contributed by atoms with Gasteiger partial charge in [-0.2, -0.15) is 0 Å². The second-order valence-electron chi connectivity index (χ2n) is 16.9. The summed E-state index contributed by atoms with van der Waals surface area (Å²) in [5.74, 6) is 3.23. The van der Waals surface area contributed by atoms with E-state index >= 15 is 0 Å². The highest BCUT2D eigenvalue weighted by atomic mass is 16.5. The molecular formula is C62H44N2O2. The monoisotopic (exact) mass is 848 g/mol. The minimum absolute atomic E-state index is 0.804. The SMILES string of the molecule is c1ccc(-c2ccccc2Cc2ccc(Oc3ccc(-n4c5ccccc5c5ccccc54)cc3)cc2)c(Cc2ccc(Oc3ccc(-n4c5ccccc5c5ccccc54)cc3)cc2)c1. The van der Waals surface area contributed by atoms with Gasteiger partial charge >= 0.3 is 0 Å². The van der Waals surface area contributed by atoms with Crippen LogP contribution in [0.4, 0.5) is 0 Å². The maximum absolute atomic E-state index is 6.36. The third-order valence-corrected chi connectivity index (χ3v) is 12.8. The Morgan fingerprint density at radius 1 is 0.258 bits per heavy atom. The molecule has 2 heterocycles. The number of fused-ring (bicyclic) bond motifs is 6. The maximum Gasteiger partial charge on any atom is 0.127 e. The molecule has 0 N–H and O–H groups in total. The van der Waals surface area contributed by atoms with Gasteiger partial charge in [0.2, 0.25) is 0 Å². The van der Waals surface area contributed by atoms with E-state index in [1.807, 2.05) is 0 Å². The van der Waals surface area contributed by atoms with Gasteiger partial charge in [-0.05, 0) is 143 Å². The molecule has 4 nitrogen and oxygen atoms in total. The quantitative estimate of drug-likeness (QED) is 0.130. The van der Waals surface area contributed by atoms with E-state index in [9.17, 15) is 0 Å². The van der Waals surface area contributed by atoms with E-state index in [1.165, 1.54) is 77.0 Å². The minimum atomic E-state index is 0.804. The van der Waals surface area contributed by atoms with Crippen molar-refractivity contribution in [2.75, 3.05) is 0 Å². The van der Waals surface area contributed by atoms with Crippen LogP contribution in [-0.2, 0) is 12.8 Å². The van der Waals surface area contributed by atoms with Gasteiger partial charge in [0.25, 0.3) is 0 Å². The van der Waals surface area contributed by atoms with E-state index in [1.54, 1.807) is 0 Å². The predicted molar refractivity (Wildman–Crippen MR) is 272 cm³/mol. The Kier molecular flexibility index (Phi) is 9.95. The second kappa shape index (κ2) is 16.8. The average Bonchev–Trinajstić information content (AvgIpc) is 3.89. The fourth-order valence-corrected chi connectivity index (χ4v) is 9.67. The van der Waals surface area contributed by atoms with Gasteiger partial charge in [-0.1, -0.05) is 146 Å². The van der Waals surface area contributed by atoms with Gasteiger partial charge in [0.15, 0.2) is 0 Å². The molecule has 10 aromatic carbocycles. The summed E-state index contributed by atoms with van der Waals surface area (Å²) in [5.41, 5.74) is 14.5. The highest BCUT2D eigenvalue weighted by Crippen LogP contribution is 2.36. The largest absolute Gasteiger partial charge is 0.457 e. The van der Waals surface area contributed by atoms with Crippen LogP contribution >= 0.6 is 0 Å². The summed E-state index contributed by atoms with van der Waals surface area (Å²) in [6.45, 7) is 0. The molecule has 0 aliphatic carbocycles. The lowest BCUT2D eigenvalue weighted by molar-refractivity contribution is 0.482. The summed E-state index contributed by atoms with van der Waals surface area (Å²) in [5, 5.41) is 5.01. The smallest absolute Gasteiger partial charge is 0.127 e. The van der Waals surface area contributed by atoms with Crippen molar-refractivity contribution in [1.82, 2.24) is 9.13 Å². The van der Waals surface area contributed by atoms with E-state index in [0.29, 0.717) is 0 Å². The molecule has 0 bridgehead atoms. The van der Waals surface area contributed by atoms with Crippen LogP contribution < -0.4 is 9.47 Å². The number of aromatic nitrogens is 2. The third-order valence-electron chi connectivity index (χ3n) is 12.8. The Morgan fingerprint density at radius 3 is 0.864 bits per heavy atom. The lowest BCUT2D eigenvalue weighted by Gasteiger charge is -2.15. The van der Waals surface area contributed by atoms with Crippen LogP contribution in [0, 0.1) is 0 Å². The first-order valence-electron chi connectivity index (χ1n) is 22.6. The summed E-state index contributed by atoms with van der Waals surface area (Å²) in [6, 6.07) is 85.6. The lowest BCUT2D eigenvalue weighted by atomic mass is 9.90. The molecule has 0 spiro atoms. The van der Waals surface area contributed by atoms with Crippen molar-refractivity contribution < 1.29 is 9.47 Å². The molecule has 12 aromatic rings.